The Labute approximate surface area is 492 Å². The molecule has 0 amide bonds. The van der Waals surface area contributed by atoms with Crippen molar-refractivity contribution in [3.8, 4) is 56.9 Å². The minimum Gasteiger partial charge on any atom is -1.00 e. The fourth-order valence-electron chi connectivity index (χ4n) is 7.20. The minimum absolute atomic E-state index is 0. The van der Waals surface area contributed by atoms with Gasteiger partial charge < -0.3 is 21.7 Å². The van der Waals surface area contributed by atoms with Crippen LogP contribution in [0.25, 0.3) is 56.9 Å². The molecule has 2 aromatic heterocycles. The molecule has 370 valence electrons. The first-order valence-corrected chi connectivity index (χ1v) is 27.6. The van der Waals surface area contributed by atoms with E-state index in [2.05, 4.69) is 135 Å². The maximum absolute atomic E-state index is 6.03. The second kappa shape index (κ2) is 34.4. The number of rotatable bonds is 15. The van der Waals surface area contributed by atoms with Crippen molar-refractivity contribution in [3.63, 3.8) is 0 Å². The molecule has 0 atom stereocenters. The molecule has 0 N–H and O–H groups in total. The average molecular weight is 1310 g/mol. The third kappa shape index (κ3) is 21.5. The maximum atomic E-state index is 6.03. The van der Waals surface area contributed by atoms with Crippen molar-refractivity contribution < 1.29 is 21.7 Å². The van der Waals surface area contributed by atoms with Crippen LogP contribution in [0.3, 0.4) is 0 Å². The van der Waals surface area contributed by atoms with E-state index in [0.29, 0.717) is 29.1 Å². The summed E-state index contributed by atoms with van der Waals surface area (Å²) in [5.74, 6) is 3.14. The molecule has 14 heteroatoms. The molecule has 1 aliphatic rings. The van der Waals surface area contributed by atoms with Crippen molar-refractivity contribution in [2.45, 2.75) is 90.9 Å². The molecule has 0 bridgehead atoms. The first kappa shape index (κ1) is 61.3. The summed E-state index contributed by atoms with van der Waals surface area (Å²) in [6, 6.07) is 51.6. The zero-order chi connectivity index (χ0) is 49.3. The van der Waals surface area contributed by atoms with E-state index >= 15 is 0 Å². The zero-order valence-electron chi connectivity index (χ0n) is 40.8. The third-order valence-electron chi connectivity index (χ3n) is 11.1. The summed E-state index contributed by atoms with van der Waals surface area (Å²) in [5, 5.41) is 0.181. The number of hydrogen-bond acceptors (Lipinski definition) is 7. The van der Waals surface area contributed by atoms with Crippen molar-refractivity contribution in [3.05, 3.63) is 186 Å². The van der Waals surface area contributed by atoms with Gasteiger partial charge in [-0.25, -0.2) is 19.9 Å². The number of hydrogen-bond donors (Lipinski definition) is 0. The van der Waals surface area contributed by atoms with Crippen LogP contribution in [-0.4, -0.2) is 66.2 Å². The largest absolute Gasteiger partial charge is 2.00 e. The van der Waals surface area contributed by atoms with Crippen molar-refractivity contribution in [2.24, 2.45) is 0 Å². The van der Waals surface area contributed by atoms with Crippen LogP contribution in [0.2, 0.25) is 5.28 Å². The van der Waals surface area contributed by atoms with Gasteiger partial charge in [-0.2, -0.15) is 45.9 Å². The molecule has 1 fully saturated rings. The molecular weight excluding hydrogens is 1260 g/mol. The first-order valence-electron chi connectivity index (χ1n) is 24.0. The quantitative estimate of drug-likeness (QED) is 0.0574. The molecule has 1 saturated heterocycles. The van der Waals surface area contributed by atoms with Crippen LogP contribution in [-0.2, 0) is 17.6 Å². The van der Waals surface area contributed by atoms with Crippen LogP contribution < -0.4 is 17.0 Å². The summed E-state index contributed by atoms with van der Waals surface area (Å²) in [4.78, 5) is 27.3. The second-order valence-corrected chi connectivity index (χ2v) is 20.6. The number of halogens is 6. The summed E-state index contributed by atoms with van der Waals surface area (Å²) >= 11 is 19.9. The SMILES string of the molecule is C1CCOC1.CCCCCCc1cc[c-]cc1.CCCCCCc1ccc(-c2nc(-c3ccc(Br)cc3)nc(-c3ccc(Br)cc3)n2)cc1.Clc1nc(-c2ccc(Br)cc2)nc(-c2ccc(Br)cc2)n1.[Br-].[Mg+2]. The molecule has 3 heterocycles. The maximum Gasteiger partial charge on any atom is 2.00 e. The molecule has 0 spiro atoms. The Bertz CT molecular complexity index is 2620. The fourth-order valence-corrected chi connectivity index (χ4v) is 8.42. The third-order valence-corrected chi connectivity index (χ3v) is 13.4. The van der Waals surface area contributed by atoms with Crippen LogP contribution >= 0.6 is 75.3 Å². The summed E-state index contributed by atoms with van der Waals surface area (Å²) in [6.45, 7) is 6.49. The van der Waals surface area contributed by atoms with Gasteiger partial charge in [0.05, 0.1) is 0 Å². The van der Waals surface area contributed by atoms with Gasteiger partial charge in [0.2, 0.25) is 5.28 Å². The van der Waals surface area contributed by atoms with E-state index in [1.165, 1.54) is 81.8 Å². The Morgan fingerprint density at radius 1 is 0.417 bits per heavy atom. The predicted octanol–water partition coefficient (Wildman–Crippen LogP) is 14.9. The molecule has 1 aliphatic heterocycles. The minimum atomic E-state index is 0. The number of aromatic nitrogens is 6. The molecule has 8 aromatic rings. The van der Waals surface area contributed by atoms with E-state index in [0.717, 1.165) is 65.3 Å². The Morgan fingerprint density at radius 3 is 1.00 bits per heavy atom. The zero-order valence-corrected chi connectivity index (χ0v) is 50.9. The van der Waals surface area contributed by atoms with Crippen molar-refractivity contribution >= 4 is 98.4 Å². The van der Waals surface area contributed by atoms with Crippen LogP contribution in [0.15, 0.2) is 163 Å². The molecule has 0 aliphatic carbocycles. The molecule has 0 unspecified atom stereocenters. The van der Waals surface area contributed by atoms with E-state index in [1.54, 1.807) is 0 Å². The Morgan fingerprint density at radius 2 is 0.708 bits per heavy atom. The molecule has 9 rings (SSSR count). The summed E-state index contributed by atoms with van der Waals surface area (Å²) in [7, 11) is 0. The second-order valence-electron chi connectivity index (χ2n) is 16.6. The van der Waals surface area contributed by atoms with Gasteiger partial charge in [-0.05, 0) is 91.4 Å². The van der Waals surface area contributed by atoms with Crippen LogP contribution in [0.1, 0.15) is 89.2 Å². The van der Waals surface area contributed by atoms with Gasteiger partial charge in [0.15, 0.2) is 29.1 Å². The fraction of sp³-hybridized carbons (Fsp3) is 0.276. The van der Waals surface area contributed by atoms with E-state index < -0.39 is 0 Å². The number of ether oxygens (including phenoxy) is 1. The molecule has 7 nitrogen and oxygen atoms in total. The summed E-state index contributed by atoms with van der Waals surface area (Å²) in [5.41, 5.74) is 7.51. The summed E-state index contributed by atoms with van der Waals surface area (Å²) in [6.07, 6.45) is 15.4. The Kier molecular flexibility index (Phi) is 29.2. The van der Waals surface area contributed by atoms with E-state index in [9.17, 15) is 0 Å². The van der Waals surface area contributed by atoms with Gasteiger partial charge >= 0.3 is 23.1 Å². The Balaban J connectivity index is 0.000000240. The van der Waals surface area contributed by atoms with Gasteiger partial charge in [0.25, 0.3) is 0 Å². The Hall–Kier alpha value is -3.24. The van der Waals surface area contributed by atoms with Gasteiger partial charge in [0, 0.05) is 58.9 Å². The monoisotopic (exact) mass is 1310 g/mol. The van der Waals surface area contributed by atoms with Gasteiger partial charge in [-0.3, -0.25) is 0 Å². The molecule has 0 radical (unpaired) electrons. The van der Waals surface area contributed by atoms with Gasteiger partial charge in [-0.1, -0.05) is 202 Å². The normalized spacial score (nSPS) is 11.3. The van der Waals surface area contributed by atoms with Gasteiger partial charge in [0.1, 0.15) is 0 Å². The smallest absolute Gasteiger partial charge is 1.00 e. The van der Waals surface area contributed by atoms with Gasteiger partial charge in [-0.15, -0.1) is 0 Å². The number of nitrogens with zero attached hydrogens (tertiary/aromatic N) is 6. The number of unbranched alkanes of at least 4 members (excludes halogenated alkanes) is 6. The van der Waals surface area contributed by atoms with Crippen molar-refractivity contribution in [1.82, 2.24) is 29.9 Å². The molecular formula is C58H58Br5ClMgN6O. The molecule has 0 saturated carbocycles. The average Bonchev–Trinajstić information content (AvgIpc) is 3.99. The predicted molar refractivity (Wildman–Crippen MR) is 309 cm³/mol. The van der Waals surface area contributed by atoms with Crippen molar-refractivity contribution in [2.75, 3.05) is 13.2 Å². The van der Waals surface area contributed by atoms with E-state index in [4.69, 9.17) is 31.3 Å². The van der Waals surface area contributed by atoms with Crippen LogP contribution in [0.4, 0.5) is 0 Å². The van der Waals surface area contributed by atoms with E-state index in [-0.39, 0.29) is 45.3 Å². The molecule has 6 aromatic carbocycles. The standard InChI is InChI=1S/C27H25Br2N3.C15H8Br2ClN3.C12H17.C4H8O.BrH.Mg/c1-2-3-4-5-6-19-7-9-20(10-8-19)25-30-26(21-11-15-23(28)16-12-21)32-27(31-25)22-13-17-24(29)18-14-22;16-11-5-1-9(2-6-11)13-19-14(21-15(18)20-13)10-3-7-12(17)8-4-10;1-2-3-4-6-9-12-10-7-5-8-11-12;1-2-4-5-3-1;;/h7-18H,2-6H2,1H3;1-8H;7-8,10-11H,2-4,6,9H2,1H3;1-4H2;1H;/q;;-1;;;+2/p-1. The number of aryl methyl sites for hydroxylation is 2. The molecule has 72 heavy (non-hydrogen) atoms. The topological polar surface area (TPSA) is 86.6 Å². The van der Waals surface area contributed by atoms with Crippen molar-refractivity contribution in [1.29, 1.82) is 0 Å². The number of benzene rings is 6. The van der Waals surface area contributed by atoms with Crippen LogP contribution in [0, 0.1) is 6.07 Å². The van der Waals surface area contributed by atoms with Crippen LogP contribution in [0.5, 0.6) is 0 Å². The summed E-state index contributed by atoms with van der Waals surface area (Å²) < 4.78 is 9.00. The van der Waals surface area contributed by atoms with E-state index in [1.807, 2.05) is 109 Å². The first-order chi connectivity index (χ1) is 34.2.